The van der Waals surface area contributed by atoms with Crippen molar-refractivity contribution in [2.24, 2.45) is 0 Å². The number of carbonyl (C=O) groups is 2. The minimum atomic E-state index is -0.420. The molecule has 1 heterocycles. The van der Waals surface area contributed by atoms with Crippen LogP contribution >= 0.6 is 11.3 Å². The van der Waals surface area contributed by atoms with Gasteiger partial charge in [0.15, 0.2) is 0 Å². The smallest absolute Gasteiger partial charge is 0.348 e. The Balaban J connectivity index is 2.41. The van der Waals surface area contributed by atoms with Crippen LogP contribution in [0, 0.1) is 0 Å². The molecule has 5 heteroatoms. The highest BCUT2D eigenvalue weighted by molar-refractivity contribution is 7.14. The summed E-state index contributed by atoms with van der Waals surface area (Å²) in [5.74, 6) is -0.810. The van der Waals surface area contributed by atoms with Gasteiger partial charge < -0.3 is 9.47 Å². The zero-order chi connectivity index (χ0) is 18.6. The average molecular weight is 358 g/mol. The fourth-order valence-corrected chi connectivity index (χ4v) is 3.17. The topological polar surface area (TPSA) is 52.6 Å². The zero-order valence-corrected chi connectivity index (χ0v) is 15.9. The highest BCUT2D eigenvalue weighted by atomic mass is 32.1. The van der Waals surface area contributed by atoms with E-state index in [4.69, 9.17) is 9.47 Å². The van der Waals surface area contributed by atoms with Gasteiger partial charge in [0.25, 0.3) is 0 Å². The third-order valence-corrected chi connectivity index (χ3v) is 4.78. The molecule has 0 N–H and O–H groups in total. The van der Waals surface area contributed by atoms with Gasteiger partial charge in [0, 0.05) is 4.88 Å². The Kier molecular flexibility index (Phi) is 5.80. The second kappa shape index (κ2) is 7.66. The van der Waals surface area contributed by atoms with Crippen LogP contribution in [-0.2, 0) is 19.7 Å². The second-order valence-electron chi connectivity index (χ2n) is 6.57. The maximum atomic E-state index is 12.2. The molecule has 0 aliphatic rings. The van der Waals surface area contributed by atoms with E-state index in [1.54, 1.807) is 18.2 Å². The molecule has 132 valence electrons. The first-order chi connectivity index (χ1) is 11.8. The van der Waals surface area contributed by atoms with Crippen LogP contribution in [0.4, 0.5) is 0 Å². The SMILES string of the molecule is COC(=O)/C(=C/c1ccc(C(=O)OC)s1)c1ccc(C(C)(C)C)cc1. The van der Waals surface area contributed by atoms with Crippen LogP contribution in [-0.4, -0.2) is 26.2 Å². The highest BCUT2D eigenvalue weighted by Gasteiger charge is 2.17. The number of hydrogen-bond acceptors (Lipinski definition) is 5. The predicted molar refractivity (Wildman–Crippen MR) is 101 cm³/mol. The van der Waals surface area contributed by atoms with E-state index in [1.165, 1.54) is 31.1 Å². The van der Waals surface area contributed by atoms with Crippen molar-refractivity contribution in [3.63, 3.8) is 0 Å². The van der Waals surface area contributed by atoms with Gasteiger partial charge in [0.05, 0.1) is 19.8 Å². The van der Waals surface area contributed by atoms with Gasteiger partial charge in [-0.2, -0.15) is 0 Å². The molecule has 2 aromatic rings. The van der Waals surface area contributed by atoms with Crippen LogP contribution in [0.3, 0.4) is 0 Å². The van der Waals surface area contributed by atoms with Gasteiger partial charge in [0.1, 0.15) is 4.88 Å². The molecular formula is C20H22O4S. The van der Waals surface area contributed by atoms with Gasteiger partial charge >= 0.3 is 11.9 Å². The van der Waals surface area contributed by atoms with Gasteiger partial charge in [-0.25, -0.2) is 9.59 Å². The molecule has 0 amide bonds. The molecule has 0 bridgehead atoms. The first kappa shape index (κ1) is 18.9. The van der Waals surface area contributed by atoms with E-state index in [9.17, 15) is 9.59 Å². The van der Waals surface area contributed by atoms with E-state index in [0.29, 0.717) is 10.5 Å². The van der Waals surface area contributed by atoms with E-state index in [1.807, 2.05) is 24.3 Å². The molecule has 0 fully saturated rings. The molecule has 0 saturated heterocycles. The van der Waals surface area contributed by atoms with Crippen LogP contribution in [0.5, 0.6) is 0 Å². The number of carbonyl (C=O) groups excluding carboxylic acids is 2. The lowest BCUT2D eigenvalue weighted by Gasteiger charge is -2.19. The summed E-state index contributed by atoms with van der Waals surface area (Å²) in [6.07, 6.45) is 1.73. The monoisotopic (exact) mass is 358 g/mol. The summed E-state index contributed by atoms with van der Waals surface area (Å²) in [5, 5.41) is 0. The van der Waals surface area contributed by atoms with E-state index >= 15 is 0 Å². The predicted octanol–water partition coefficient (Wildman–Crippen LogP) is 4.55. The van der Waals surface area contributed by atoms with Crippen molar-refractivity contribution < 1.29 is 19.1 Å². The van der Waals surface area contributed by atoms with Crippen molar-refractivity contribution in [3.8, 4) is 0 Å². The molecular weight excluding hydrogens is 336 g/mol. The lowest BCUT2D eigenvalue weighted by Crippen LogP contribution is -2.11. The fourth-order valence-electron chi connectivity index (χ4n) is 2.30. The lowest BCUT2D eigenvalue weighted by molar-refractivity contribution is -0.133. The van der Waals surface area contributed by atoms with Gasteiger partial charge in [-0.3, -0.25) is 0 Å². The molecule has 0 aliphatic carbocycles. The number of methoxy groups -OCH3 is 2. The summed E-state index contributed by atoms with van der Waals surface area (Å²) in [7, 11) is 2.70. The first-order valence-electron chi connectivity index (χ1n) is 7.85. The molecule has 0 radical (unpaired) electrons. The molecule has 1 aromatic carbocycles. The Bertz CT molecular complexity index is 792. The normalized spacial score (nSPS) is 12.0. The Morgan fingerprint density at radius 1 is 0.960 bits per heavy atom. The maximum Gasteiger partial charge on any atom is 0.348 e. The number of hydrogen-bond donors (Lipinski definition) is 0. The number of rotatable bonds is 4. The molecule has 1 aromatic heterocycles. The molecule has 0 spiro atoms. The average Bonchev–Trinajstić information content (AvgIpc) is 3.06. The molecule has 2 rings (SSSR count). The number of thiophene rings is 1. The van der Waals surface area contributed by atoms with Crippen molar-refractivity contribution in [2.75, 3.05) is 14.2 Å². The maximum absolute atomic E-state index is 12.2. The van der Waals surface area contributed by atoms with Gasteiger partial charge in [-0.1, -0.05) is 45.0 Å². The molecule has 0 saturated carbocycles. The number of benzene rings is 1. The van der Waals surface area contributed by atoms with Crippen molar-refractivity contribution in [2.45, 2.75) is 26.2 Å². The Hall–Kier alpha value is -2.40. The number of ether oxygens (including phenoxy) is 2. The summed E-state index contributed by atoms with van der Waals surface area (Å²) in [4.78, 5) is 25.1. The minimum Gasteiger partial charge on any atom is -0.465 e. The standard InChI is InChI=1S/C20H22O4S/c1-20(2,3)14-8-6-13(7-9-14)16(18(21)23-4)12-15-10-11-17(25-15)19(22)24-5/h6-12H,1-5H3/b16-12+. The fraction of sp³-hybridized carbons (Fsp3) is 0.300. The molecule has 4 nitrogen and oxygen atoms in total. The molecule has 0 atom stereocenters. The number of esters is 2. The lowest BCUT2D eigenvalue weighted by atomic mass is 9.86. The highest BCUT2D eigenvalue weighted by Crippen LogP contribution is 2.27. The first-order valence-corrected chi connectivity index (χ1v) is 8.67. The van der Waals surface area contributed by atoms with Crippen molar-refractivity contribution in [1.82, 2.24) is 0 Å². The Labute approximate surface area is 152 Å². The largest absolute Gasteiger partial charge is 0.465 e. The quantitative estimate of drug-likeness (QED) is 0.594. The van der Waals surface area contributed by atoms with Crippen molar-refractivity contribution in [3.05, 3.63) is 57.3 Å². The van der Waals surface area contributed by atoms with E-state index in [-0.39, 0.29) is 5.41 Å². The van der Waals surface area contributed by atoms with E-state index in [0.717, 1.165) is 10.4 Å². The van der Waals surface area contributed by atoms with E-state index in [2.05, 4.69) is 20.8 Å². The summed E-state index contributed by atoms with van der Waals surface area (Å²) in [5.41, 5.74) is 2.44. The minimum absolute atomic E-state index is 0.0385. The Morgan fingerprint density at radius 3 is 2.12 bits per heavy atom. The molecule has 25 heavy (non-hydrogen) atoms. The molecule has 0 unspecified atom stereocenters. The summed E-state index contributed by atoms with van der Waals surface area (Å²) in [6.45, 7) is 6.41. The van der Waals surface area contributed by atoms with Crippen LogP contribution in [0.25, 0.3) is 11.6 Å². The zero-order valence-electron chi connectivity index (χ0n) is 15.1. The van der Waals surface area contributed by atoms with Crippen LogP contribution < -0.4 is 0 Å². The third-order valence-electron chi connectivity index (χ3n) is 3.77. The summed E-state index contributed by atoms with van der Waals surface area (Å²) in [6, 6.07) is 11.3. The summed E-state index contributed by atoms with van der Waals surface area (Å²) >= 11 is 1.27. The van der Waals surface area contributed by atoms with Crippen molar-refractivity contribution >= 4 is 34.9 Å². The van der Waals surface area contributed by atoms with Gasteiger partial charge in [0.2, 0.25) is 0 Å². The van der Waals surface area contributed by atoms with Crippen LogP contribution in [0.1, 0.15) is 46.4 Å². The van der Waals surface area contributed by atoms with Crippen LogP contribution in [0.15, 0.2) is 36.4 Å². The van der Waals surface area contributed by atoms with Gasteiger partial charge in [-0.05, 0) is 34.8 Å². The Morgan fingerprint density at radius 2 is 1.60 bits per heavy atom. The van der Waals surface area contributed by atoms with E-state index < -0.39 is 11.9 Å². The molecule has 0 aliphatic heterocycles. The van der Waals surface area contributed by atoms with Crippen LogP contribution in [0.2, 0.25) is 0 Å². The third kappa shape index (κ3) is 4.57. The second-order valence-corrected chi connectivity index (χ2v) is 7.69. The van der Waals surface area contributed by atoms with Crippen molar-refractivity contribution in [1.29, 1.82) is 0 Å². The van der Waals surface area contributed by atoms with Gasteiger partial charge in [-0.15, -0.1) is 11.3 Å². The summed E-state index contributed by atoms with van der Waals surface area (Å²) < 4.78 is 9.63.